The fourth-order valence-electron chi connectivity index (χ4n) is 2.08. The minimum absolute atomic E-state index is 0.228. The average molecular weight is 281 g/mol. The molecule has 108 valence electrons. The Morgan fingerprint density at radius 3 is 2.57 bits per heavy atom. The molecule has 0 spiro atoms. The third-order valence-corrected chi connectivity index (χ3v) is 3.07. The van der Waals surface area contributed by atoms with Gasteiger partial charge in [-0.2, -0.15) is 0 Å². The molecule has 1 N–H and O–H groups in total. The van der Waals surface area contributed by atoms with E-state index in [4.69, 9.17) is 15.9 Å². The van der Waals surface area contributed by atoms with Gasteiger partial charge in [0, 0.05) is 18.7 Å². The van der Waals surface area contributed by atoms with Crippen LogP contribution in [0, 0.1) is 12.3 Å². The lowest BCUT2D eigenvalue weighted by Crippen LogP contribution is -2.14. The largest absolute Gasteiger partial charge is 0.493 e. The van der Waals surface area contributed by atoms with Crippen molar-refractivity contribution in [3.8, 4) is 23.8 Å². The van der Waals surface area contributed by atoms with E-state index in [9.17, 15) is 0 Å². The maximum atomic E-state index is 5.61. The normalized spacial score (nSPS) is 9.90. The molecule has 0 unspecified atom stereocenters. The van der Waals surface area contributed by atoms with Crippen molar-refractivity contribution in [3.05, 3.63) is 59.7 Å². The predicted octanol–water partition coefficient (Wildman–Crippen LogP) is 3.00. The van der Waals surface area contributed by atoms with Crippen LogP contribution in [0.2, 0.25) is 0 Å². The average Bonchev–Trinajstić information content (AvgIpc) is 2.54. The number of methoxy groups -OCH3 is 1. The molecule has 2 aromatic rings. The molecule has 0 saturated carbocycles. The fraction of sp³-hybridized carbons (Fsp3) is 0.222. The summed E-state index contributed by atoms with van der Waals surface area (Å²) in [5.41, 5.74) is 2.27. The molecule has 0 atom stereocenters. The van der Waals surface area contributed by atoms with E-state index >= 15 is 0 Å². The van der Waals surface area contributed by atoms with Crippen LogP contribution in [0.5, 0.6) is 11.5 Å². The summed E-state index contributed by atoms with van der Waals surface area (Å²) >= 11 is 0. The van der Waals surface area contributed by atoms with Gasteiger partial charge in [-0.15, -0.1) is 6.42 Å². The van der Waals surface area contributed by atoms with Gasteiger partial charge in [0.2, 0.25) is 0 Å². The molecule has 0 saturated heterocycles. The quantitative estimate of drug-likeness (QED) is 0.791. The first-order valence-corrected chi connectivity index (χ1v) is 6.82. The third-order valence-electron chi connectivity index (χ3n) is 3.07. The van der Waals surface area contributed by atoms with E-state index in [1.165, 1.54) is 5.56 Å². The molecule has 3 nitrogen and oxygen atoms in total. The summed E-state index contributed by atoms with van der Waals surface area (Å²) in [6.45, 7) is 1.71. The molecule has 0 radical (unpaired) electrons. The molecule has 2 aromatic carbocycles. The molecule has 0 aliphatic rings. The second kappa shape index (κ2) is 7.98. The van der Waals surface area contributed by atoms with Crippen molar-refractivity contribution >= 4 is 0 Å². The molecule has 21 heavy (non-hydrogen) atoms. The summed E-state index contributed by atoms with van der Waals surface area (Å²) < 4.78 is 10.9. The summed E-state index contributed by atoms with van der Waals surface area (Å²) in [5.74, 6) is 3.88. The van der Waals surface area contributed by atoms with E-state index in [0.29, 0.717) is 18.0 Å². The second-order valence-corrected chi connectivity index (χ2v) is 4.53. The number of benzene rings is 2. The Morgan fingerprint density at radius 2 is 1.86 bits per heavy atom. The van der Waals surface area contributed by atoms with Gasteiger partial charge in [0.25, 0.3) is 0 Å². The van der Waals surface area contributed by atoms with Crippen molar-refractivity contribution in [3.63, 3.8) is 0 Å². The number of nitrogens with one attached hydrogen (secondary N) is 1. The first-order chi connectivity index (χ1) is 10.3. The number of hydrogen-bond donors (Lipinski definition) is 1. The van der Waals surface area contributed by atoms with E-state index in [-0.39, 0.29) is 6.61 Å². The van der Waals surface area contributed by atoms with Gasteiger partial charge < -0.3 is 14.8 Å². The molecule has 3 heteroatoms. The van der Waals surface area contributed by atoms with Crippen LogP contribution in [-0.2, 0) is 13.1 Å². The highest BCUT2D eigenvalue weighted by Crippen LogP contribution is 2.31. The standard InChI is InChI=1S/C18H19NO2/c1-3-12-21-18-16(10-7-11-17(18)20-2)14-19-13-15-8-5-4-6-9-15/h1,4-11,19H,12-14H2,2H3. The SMILES string of the molecule is C#CCOc1c(CNCc2ccccc2)cccc1OC. The topological polar surface area (TPSA) is 30.5 Å². The molecular weight excluding hydrogens is 262 g/mol. The Hall–Kier alpha value is -2.44. The molecular formula is C18H19NO2. The highest BCUT2D eigenvalue weighted by molar-refractivity contribution is 5.46. The molecule has 0 aliphatic heterocycles. The van der Waals surface area contributed by atoms with Crippen LogP contribution in [0.3, 0.4) is 0 Å². The van der Waals surface area contributed by atoms with Gasteiger partial charge >= 0.3 is 0 Å². The molecule has 0 aliphatic carbocycles. The van der Waals surface area contributed by atoms with Gasteiger partial charge in [-0.05, 0) is 11.6 Å². The summed E-state index contributed by atoms with van der Waals surface area (Å²) in [5, 5.41) is 3.40. The maximum Gasteiger partial charge on any atom is 0.167 e. The van der Waals surface area contributed by atoms with E-state index < -0.39 is 0 Å². The first kappa shape index (κ1) is 15.0. The lowest BCUT2D eigenvalue weighted by atomic mass is 10.1. The third kappa shape index (κ3) is 4.27. The van der Waals surface area contributed by atoms with Gasteiger partial charge in [0.1, 0.15) is 6.61 Å². The highest BCUT2D eigenvalue weighted by Gasteiger charge is 2.09. The number of hydrogen-bond acceptors (Lipinski definition) is 3. The molecule has 2 rings (SSSR count). The van der Waals surface area contributed by atoms with Gasteiger partial charge in [-0.25, -0.2) is 0 Å². The van der Waals surface area contributed by atoms with Crippen molar-refractivity contribution in [1.82, 2.24) is 5.32 Å². The van der Waals surface area contributed by atoms with E-state index in [0.717, 1.165) is 12.1 Å². The smallest absolute Gasteiger partial charge is 0.167 e. The Bertz CT molecular complexity index is 602. The number of ether oxygens (including phenoxy) is 2. The van der Waals surface area contributed by atoms with E-state index in [2.05, 4.69) is 23.4 Å². The maximum absolute atomic E-state index is 5.61. The van der Waals surface area contributed by atoms with Gasteiger partial charge in [0.15, 0.2) is 11.5 Å². The number of rotatable bonds is 7. The minimum atomic E-state index is 0.228. The Morgan fingerprint density at radius 1 is 1.05 bits per heavy atom. The second-order valence-electron chi connectivity index (χ2n) is 4.53. The molecule has 0 heterocycles. The van der Waals surface area contributed by atoms with Crippen molar-refractivity contribution in [2.45, 2.75) is 13.1 Å². The van der Waals surface area contributed by atoms with Crippen LogP contribution in [-0.4, -0.2) is 13.7 Å². The summed E-state index contributed by atoms with van der Waals surface area (Å²) in [6, 6.07) is 16.1. The van der Waals surface area contributed by atoms with Crippen LogP contribution in [0.25, 0.3) is 0 Å². The van der Waals surface area contributed by atoms with Crippen LogP contribution in [0.1, 0.15) is 11.1 Å². The molecule has 0 aromatic heterocycles. The lowest BCUT2D eigenvalue weighted by Gasteiger charge is -2.14. The Kier molecular flexibility index (Phi) is 5.69. The van der Waals surface area contributed by atoms with Gasteiger partial charge in [0.05, 0.1) is 7.11 Å². The van der Waals surface area contributed by atoms with Crippen molar-refractivity contribution in [1.29, 1.82) is 0 Å². The first-order valence-electron chi connectivity index (χ1n) is 6.82. The van der Waals surface area contributed by atoms with Crippen LogP contribution >= 0.6 is 0 Å². The van der Waals surface area contributed by atoms with Crippen molar-refractivity contribution in [2.75, 3.05) is 13.7 Å². The Balaban J connectivity index is 2.03. The van der Waals surface area contributed by atoms with Gasteiger partial charge in [-0.1, -0.05) is 48.4 Å². The van der Waals surface area contributed by atoms with Crippen LogP contribution < -0.4 is 14.8 Å². The van der Waals surface area contributed by atoms with E-state index in [1.54, 1.807) is 7.11 Å². The highest BCUT2D eigenvalue weighted by atomic mass is 16.5. The summed E-state index contributed by atoms with van der Waals surface area (Å²) in [4.78, 5) is 0. The van der Waals surface area contributed by atoms with Crippen molar-refractivity contribution < 1.29 is 9.47 Å². The zero-order valence-electron chi connectivity index (χ0n) is 12.1. The zero-order valence-corrected chi connectivity index (χ0v) is 12.1. The van der Waals surface area contributed by atoms with Crippen LogP contribution in [0.4, 0.5) is 0 Å². The van der Waals surface area contributed by atoms with Gasteiger partial charge in [-0.3, -0.25) is 0 Å². The number of terminal acetylenes is 1. The minimum Gasteiger partial charge on any atom is -0.493 e. The lowest BCUT2D eigenvalue weighted by molar-refractivity contribution is 0.326. The van der Waals surface area contributed by atoms with E-state index in [1.807, 2.05) is 36.4 Å². The molecule has 0 bridgehead atoms. The summed E-state index contributed by atoms with van der Waals surface area (Å²) in [7, 11) is 1.62. The molecule has 0 amide bonds. The number of para-hydroxylation sites is 1. The monoisotopic (exact) mass is 281 g/mol. The fourth-order valence-corrected chi connectivity index (χ4v) is 2.08. The predicted molar refractivity (Wildman–Crippen MR) is 84.3 cm³/mol. The Labute approximate surface area is 125 Å². The van der Waals surface area contributed by atoms with Crippen molar-refractivity contribution in [2.24, 2.45) is 0 Å². The van der Waals surface area contributed by atoms with Crippen LogP contribution in [0.15, 0.2) is 48.5 Å². The molecule has 0 fully saturated rings. The summed E-state index contributed by atoms with van der Waals surface area (Å²) in [6.07, 6.45) is 5.26. The zero-order chi connectivity index (χ0) is 14.9.